The molecule has 27 heavy (non-hydrogen) atoms. The Morgan fingerprint density at radius 1 is 1.30 bits per heavy atom. The largest absolute Gasteiger partial charge is 0.293 e. The van der Waals surface area contributed by atoms with E-state index < -0.39 is 0 Å². The second-order valence-electron chi connectivity index (χ2n) is 6.90. The third kappa shape index (κ3) is 4.45. The highest BCUT2D eigenvalue weighted by Gasteiger charge is 2.17. The van der Waals surface area contributed by atoms with Crippen molar-refractivity contribution in [3.05, 3.63) is 55.0 Å². The topological polar surface area (TPSA) is 52.0 Å². The van der Waals surface area contributed by atoms with Gasteiger partial charge in [-0.1, -0.05) is 37.2 Å². The molecule has 0 amide bonds. The number of ketones is 1. The van der Waals surface area contributed by atoms with Crippen molar-refractivity contribution in [2.45, 2.75) is 39.4 Å². The Hall–Kier alpha value is -1.63. The van der Waals surface area contributed by atoms with E-state index in [4.69, 9.17) is 11.6 Å². The van der Waals surface area contributed by atoms with E-state index >= 15 is 0 Å². The van der Waals surface area contributed by atoms with Crippen LogP contribution in [0.2, 0.25) is 5.02 Å². The van der Waals surface area contributed by atoms with Crippen molar-refractivity contribution in [2.75, 3.05) is 5.75 Å². The van der Waals surface area contributed by atoms with Gasteiger partial charge in [-0.2, -0.15) is 0 Å². The number of Topliss-reactive ketones (excluding diaryl/α,β-unsaturated/α-hetero) is 1. The standard InChI is InChI=1S/C20H21ClN2O2S2/c1-11(2)9-23-19(25)16-8-14(21)5-6-17(16)22-20(23)26-10-18(24)15-7-12(3)27-13(15)4/h5-8,11H,9-10H2,1-4H3. The smallest absolute Gasteiger partial charge is 0.262 e. The molecule has 0 saturated heterocycles. The van der Waals surface area contributed by atoms with E-state index in [1.54, 1.807) is 34.1 Å². The van der Waals surface area contributed by atoms with Crippen LogP contribution in [-0.2, 0) is 6.54 Å². The van der Waals surface area contributed by atoms with Crippen molar-refractivity contribution in [3.63, 3.8) is 0 Å². The van der Waals surface area contributed by atoms with Crippen molar-refractivity contribution >= 4 is 51.4 Å². The number of fused-ring (bicyclic) bond motifs is 1. The van der Waals surface area contributed by atoms with Crippen LogP contribution >= 0.6 is 34.7 Å². The third-order valence-corrected chi connectivity index (χ3v) is 6.28. The van der Waals surface area contributed by atoms with Crippen molar-refractivity contribution in [1.29, 1.82) is 0 Å². The van der Waals surface area contributed by atoms with Gasteiger partial charge in [0, 0.05) is 26.9 Å². The minimum absolute atomic E-state index is 0.0587. The van der Waals surface area contributed by atoms with Gasteiger partial charge in [0.05, 0.1) is 16.7 Å². The number of carbonyl (C=O) groups excluding carboxylic acids is 1. The van der Waals surface area contributed by atoms with E-state index in [0.29, 0.717) is 27.6 Å². The van der Waals surface area contributed by atoms with Gasteiger partial charge < -0.3 is 0 Å². The second-order valence-corrected chi connectivity index (χ2v) is 9.74. The Bertz CT molecular complexity index is 1070. The molecule has 0 spiro atoms. The summed E-state index contributed by atoms with van der Waals surface area (Å²) in [6.07, 6.45) is 0. The molecule has 0 bridgehead atoms. The molecule has 3 aromatic rings. The molecule has 0 fully saturated rings. The Morgan fingerprint density at radius 3 is 2.67 bits per heavy atom. The van der Waals surface area contributed by atoms with Crippen LogP contribution < -0.4 is 5.56 Å². The molecule has 0 saturated carbocycles. The van der Waals surface area contributed by atoms with Crippen LogP contribution in [0.4, 0.5) is 0 Å². The van der Waals surface area contributed by atoms with Gasteiger partial charge in [-0.25, -0.2) is 4.98 Å². The summed E-state index contributed by atoms with van der Waals surface area (Å²) in [4.78, 5) is 32.4. The minimum atomic E-state index is -0.117. The van der Waals surface area contributed by atoms with Crippen LogP contribution in [0.15, 0.2) is 34.2 Å². The lowest BCUT2D eigenvalue weighted by atomic mass is 10.2. The molecule has 1 aromatic carbocycles. The predicted octanol–water partition coefficient (Wildman–Crippen LogP) is 5.36. The highest BCUT2D eigenvalue weighted by molar-refractivity contribution is 7.99. The average Bonchev–Trinajstić information content (AvgIpc) is 2.94. The Kier molecular flexibility index (Phi) is 6.08. The van der Waals surface area contributed by atoms with Crippen LogP contribution in [0.3, 0.4) is 0 Å². The molecule has 2 heterocycles. The van der Waals surface area contributed by atoms with Crippen LogP contribution in [-0.4, -0.2) is 21.1 Å². The number of rotatable bonds is 6. The van der Waals surface area contributed by atoms with Crippen molar-refractivity contribution in [2.24, 2.45) is 5.92 Å². The summed E-state index contributed by atoms with van der Waals surface area (Å²) in [7, 11) is 0. The molecule has 0 unspecified atom stereocenters. The summed E-state index contributed by atoms with van der Waals surface area (Å²) >= 11 is 8.99. The molecule has 142 valence electrons. The fourth-order valence-electron chi connectivity index (χ4n) is 2.92. The number of carbonyl (C=O) groups is 1. The fourth-order valence-corrected chi connectivity index (χ4v) is 4.93. The number of hydrogen-bond acceptors (Lipinski definition) is 5. The van der Waals surface area contributed by atoms with Gasteiger partial charge >= 0.3 is 0 Å². The van der Waals surface area contributed by atoms with Gasteiger partial charge in [0.15, 0.2) is 10.9 Å². The van der Waals surface area contributed by atoms with Gasteiger partial charge in [0.1, 0.15) is 0 Å². The number of hydrogen-bond donors (Lipinski definition) is 0. The SMILES string of the molecule is Cc1cc(C(=O)CSc2nc3ccc(Cl)cc3c(=O)n2CC(C)C)c(C)s1. The molecule has 0 aliphatic heterocycles. The lowest BCUT2D eigenvalue weighted by Gasteiger charge is -2.14. The normalized spacial score (nSPS) is 11.5. The van der Waals surface area contributed by atoms with Gasteiger partial charge in [-0.05, 0) is 44.0 Å². The average molecular weight is 421 g/mol. The van der Waals surface area contributed by atoms with Crippen LogP contribution in [0, 0.1) is 19.8 Å². The minimum Gasteiger partial charge on any atom is -0.293 e. The summed E-state index contributed by atoms with van der Waals surface area (Å²) in [5.41, 5.74) is 1.24. The van der Waals surface area contributed by atoms with Crippen molar-refractivity contribution in [3.8, 4) is 0 Å². The molecule has 0 aliphatic rings. The molecule has 0 radical (unpaired) electrons. The third-order valence-electron chi connectivity index (χ3n) is 4.10. The molecule has 4 nitrogen and oxygen atoms in total. The number of benzene rings is 1. The highest BCUT2D eigenvalue weighted by Crippen LogP contribution is 2.25. The zero-order chi connectivity index (χ0) is 19.7. The van der Waals surface area contributed by atoms with Gasteiger partial charge in [0.25, 0.3) is 5.56 Å². The van der Waals surface area contributed by atoms with Gasteiger partial charge in [-0.3, -0.25) is 14.2 Å². The lowest BCUT2D eigenvalue weighted by Crippen LogP contribution is -2.25. The lowest BCUT2D eigenvalue weighted by molar-refractivity contribution is 0.102. The number of aromatic nitrogens is 2. The zero-order valence-electron chi connectivity index (χ0n) is 15.7. The maximum atomic E-state index is 13.0. The molecule has 2 aromatic heterocycles. The van der Waals surface area contributed by atoms with E-state index in [-0.39, 0.29) is 23.0 Å². The summed E-state index contributed by atoms with van der Waals surface area (Å²) in [6, 6.07) is 7.05. The van der Waals surface area contributed by atoms with E-state index in [0.717, 1.165) is 15.3 Å². The molecule has 0 aliphatic carbocycles. The summed E-state index contributed by atoms with van der Waals surface area (Å²) in [6.45, 7) is 8.60. The zero-order valence-corrected chi connectivity index (χ0v) is 18.1. The molecular weight excluding hydrogens is 400 g/mol. The first-order valence-electron chi connectivity index (χ1n) is 8.69. The van der Waals surface area contributed by atoms with E-state index in [9.17, 15) is 9.59 Å². The number of aryl methyl sites for hydroxylation is 2. The fraction of sp³-hybridized carbons (Fsp3) is 0.350. The quantitative estimate of drug-likeness (QED) is 0.306. The molecule has 7 heteroatoms. The van der Waals surface area contributed by atoms with E-state index in [2.05, 4.69) is 4.98 Å². The van der Waals surface area contributed by atoms with E-state index in [1.807, 2.05) is 33.8 Å². The molecule has 0 atom stereocenters. The monoisotopic (exact) mass is 420 g/mol. The summed E-state index contributed by atoms with van der Waals surface area (Å²) in [5, 5.41) is 1.58. The number of nitrogens with zero attached hydrogens (tertiary/aromatic N) is 2. The second kappa shape index (κ2) is 8.17. The van der Waals surface area contributed by atoms with E-state index in [1.165, 1.54) is 11.8 Å². The van der Waals surface area contributed by atoms with Crippen LogP contribution in [0.5, 0.6) is 0 Å². The maximum Gasteiger partial charge on any atom is 0.262 e. The van der Waals surface area contributed by atoms with Gasteiger partial charge in [-0.15, -0.1) is 11.3 Å². The van der Waals surface area contributed by atoms with Crippen LogP contribution in [0.25, 0.3) is 10.9 Å². The molecule has 0 N–H and O–H groups in total. The highest BCUT2D eigenvalue weighted by atomic mass is 35.5. The van der Waals surface area contributed by atoms with Crippen molar-refractivity contribution in [1.82, 2.24) is 9.55 Å². The molecular formula is C20H21ClN2O2S2. The number of thiophene rings is 1. The number of halogens is 1. The Labute approximate surface area is 171 Å². The van der Waals surface area contributed by atoms with Crippen molar-refractivity contribution < 1.29 is 4.79 Å². The Balaban J connectivity index is 1.97. The predicted molar refractivity (Wildman–Crippen MR) is 115 cm³/mol. The maximum absolute atomic E-state index is 13.0. The molecule has 3 rings (SSSR count). The van der Waals surface area contributed by atoms with Crippen LogP contribution in [0.1, 0.15) is 34.0 Å². The first-order valence-corrected chi connectivity index (χ1v) is 10.9. The summed E-state index contributed by atoms with van der Waals surface area (Å²) in [5.74, 6) is 0.585. The summed E-state index contributed by atoms with van der Waals surface area (Å²) < 4.78 is 1.66. The first kappa shape index (κ1) is 20.1. The first-order chi connectivity index (χ1) is 12.8. The number of thioether (sulfide) groups is 1. The van der Waals surface area contributed by atoms with Gasteiger partial charge in [0.2, 0.25) is 0 Å². The Morgan fingerprint density at radius 2 is 2.04 bits per heavy atom.